The molecule has 5 nitrogen and oxygen atoms in total. The van der Waals surface area contributed by atoms with Crippen LogP contribution in [0.25, 0.3) is 0 Å². The Hall–Kier alpha value is -1.17. The van der Waals surface area contributed by atoms with Gasteiger partial charge in [0.25, 0.3) is 0 Å². The Kier molecular flexibility index (Phi) is 2.59. The van der Waals surface area contributed by atoms with Gasteiger partial charge >= 0.3 is 10.8 Å². The first-order valence-electron chi connectivity index (χ1n) is 3.25. The van der Waals surface area contributed by atoms with Crippen molar-refractivity contribution in [1.29, 1.82) is 0 Å². The normalized spacial score (nSPS) is 9.83. The largest absolute Gasteiger partial charge is 0.468 e. The highest BCUT2D eigenvalue weighted by Gasteiger charge is 2.07. The molecule has 0 amide bonds. The highest BCUT2D eigenvalue weighted by atomic mass is 32.1. The number of ether oxygens (including phenoxy) is 1. The number of nitrogens with zero attached hydrogens (tertiary/aromatic N) is 2. The van der Waals surface area contributed by atoms with Gasteiger partial charge in [-0.3, -0.25) is 9.59 Å². The van der Waals surface area contributed by atoms with Crippen LogP contribution >= 0.6 is 11.3 Å². The van der Waals surface area contributed by atoms with Crippen molar-refractivity contribution < 1.29 is 9.53 Å². The molecule has 0 aliphatic heterocycles. The van der Waals surface area contributed by atoms with Crippen molar-refractivity contribution in [2.24, 2.45) is 0 Å². The number of rotatable bonds is 2. The predicted octanol–water partition coefficient (Wildman–Crippen LogP) is -0.214. The molecule has 1 aromatic rings. The molecule has 0 bridgehead atoms. The average Bonchev–Trinajstić information content (AvgIpc) is 2.30. The van der Waals surface area contributed by atoms with Gasteiger partial charge in [0, 0.05) is 0 Å². The molecule has 0 aliphatic rings. The van der Waals surface area contributed by atoms with Gasteiger partial charge in [0.2, 0.25) is 0 Å². The van der Waals surface area contributed by atoms with Crippen molar-refractivity contribution in [2.75, 3.05) is 7.11 Å². The summed E-state index contributed by atoms with van der Waals surface area (Å²) in [5, 5.41) is 4.46. The van der Waals surface area contributed by atoms with Crippen molar-refractivity contribution in [1.82, 2.24) is 9.78 Å². The number of esters is 1. The van der Waals surface area contributed by atoms with Crippen molar-refractivity contribution in [2.45, 2.75) is 13.5 Å². The van der Waals surface area contributed by atoms with Crippen LogP contribution in [-0.2, 0) is 16.1 Å². The SMILES string of the molecule is COC(=O)Cn1nc(C)sc1=O. The summed E-state index contributed by atoms with van der Waals surface area (Å²) >= 11 is 1.01. The minimum Gasteiger partial charge on any atom is -0.468 e. The highest BCUT2D eigenvalue weighted by molar-refractivity contribution is 7.08. The van der Waals surface area contributed by atoms with Crippen molar-refractivity contribution in [3.05, 3.63) is 14.7 Å². The summed E-state index contributed by atoms with van der Waals surface area (Å²) in [6, 6.07) is 0. The number of carbonyl (C=O) groups is 1. The summed E-state index contributed by atoms with van der Waals surface area (Å²) in [7, 11) is 1.27. The molecule has 6 heteroatoms. The van der Waals surface area contributed by atoms with E-state index in [0.29, 0.717) is 5.01 Å². The first-order chi connectivity index (χ1) is 5.63. The van der Waals surface area contributed by atoms with E-state index in [1.54, 1.807) is 6.92 Å². The monoisotopic (exact) mass is 188 g/mol. The van der Waals surface area contributed by atoms with E-state index >= 15 is 0 Å². The maximum Gasteiger partial charge on any atom is 0.327 e. The highest BCUT2D eigenvalue weighted by Crippen LogP contribution is 1.94. The quantitative estimate of drug-likeness (QED) is 0.602. The number of aryl methyl sites for hydroxylation is 1. The van der Waals surface area contributed by atoms with Crippen molar-refractivity contribution in [3.8, 4) is 0 Å². The molecule has 0 saturated heterocycles. The van der Waals surface area contributed by atoms with Gasteiger partial charge in [-0.2, -0.15) is 5.10 Å². The van der Waals surface area contributed by atoms with Crippen LogP contribution in [0.5, 0.6) is 0 Å². The molecule has 1 rings (SSSR count). The van der Waals surface area contributed by atoms with E-state index in [1.165, 1.54) is 7.11 Å². The Bertz CT molecular complexity index is 341. The van der Waals surface area contributed by atoms with Gasteiger partial charge in [-0.1, -0.05) is 11.3 Å². The van der Waals surface area contributed by atoms with Crippen LogP contribution in [-0.4, -0.2) is 22.9 Å². The molecule has 0 atom stereocenters. The third-order valence-corrected chi connectivity index (χ3v) is 1.98. The lowest BCUT2D eigenvalue weighted by Crippen LogP contribution is -2.21. The lowest BCUT2D eigenvalue weighted by Gasteiger charge is -1.96. The van der Waals surface area contributed by atoms with Gasteiger partial charge in [0.1, 0.15) is 11.6 Å². The Morgan fingerprint density at radius 2 is 2.42 bits per heavy atom. The third-order valence-electron chi connectivity index (χ3n) is 1.21. The maximum atomic E-state index is 11.0. The molecule has 1 aromatic heterocycles. The first-order valence-corrected chi connectivity index (χ1v) is 4.06. The molecule has 0 fully saturated rings. The van der Waals surface area contributed by atoms with Gasteiger partial charge in [0.15, 0.2) is 0 Å². The van der Waals surface area contributed by atoms with Crippen LogP contribution in [0.1, 0.15) is 5.01 Å². The van der Waals surface area contributed by atoms with Crippen molar-refractivity contribution >= 4 is 17.3 Å². The number of aromatic nitrogens is 2. The zero-order valence-corrected chi connectivity index (χ0v) is 7.55. The number of hydrogen-bond acceptors (Lipinski definition) is 5. The predicted molar refractivity (Wildman–Crippen MR) is 43.1 cm³/mol. The van der Waals surface area contributed by atoms with E-state index in [1.807, 2.05) is 0 Å². The van der Waals surface area contributed by atoms with E-state index in [2.05, 4.69) is 9.84 Å². The second-order valence-corrected chi connectivity index (χ2v) is 3.26. The molecule has 0 saturated carbocycles. The van der Waals surface area contributed by atoms with Gasteiger partial charge in [-0.15, -0.1) is 0 Å². The van der Waals surface area contributed by atoms with E-state index in [-0.39, 0.29) is 11.4 Å². The van der Waals surface area contributed by atoms with E-state index in [9.17, 15) is 9.59 Å². The maximum absolute atomic E-state index is 11.0. The molecule has 0 radical (unpaired) electrons. The smallest absolute Gasteiger partial charge is 0.327 e. The molecule has 0 unspecified atom stereocenters. The molecular formula is C6H8N2O3S. The Morgan fingerprint density at radius 1 is 1.75 bits per heavy atom. The minimum absolute atomic E-state index is 0.111. The fraction of sp³-hybridized carbons (Fsp3) is 0.500. The topological polar surface area (TPSA) is 61.2 Å². The van der Waals surface area contributed by atoms with E-state index < -0.39 is 5.97 Å². The summed E-state index contributed by atoms with van der Waals surface area (Å²) in [6.07, 6.45) is 0. The lowest BCUT2D eigenvalue weighted by atomic mass is 10.7. The first kappa shape index (κ1) is 8.92. The summed E-state index contributed by atoms with van der Waals surface area (Å²) in [6.45, 7) is 1.60. The molecule has 0 N–H and O–H groups in total. The van der Waals surface area contributed by atoms with Crippen LogP contribution in [0.3, 0.4) is 0 Å². The third kappa shape index (κ3) is 1.91. The van der Waals surface area contributed by atoms with Crippen molar-refractivity contribution in [3.63, 3.8) is 0 Å². The standard InChI is InChI=1S/C6H8N2O3S/c1-4-7-8(6(10)12-4)3-5(9)11-2/h3H2,1-2H3. The molecular weight excluding hydrogens is 180 g/mol. The van der Waals surface area contributed by atoms with Crippen LogP contribution in [0.4, 0.5) is 0 Å². The van der Waals surface area contributed by atoms with Crippen LogP contribution < -0.4 is 4.87 Å². The second-order valence-electron chi connectivity index (χ2n) is 2.12. The van der Waals surface area contributed by atoms with Gasteiger partial charge in [0.05, 0.1) is 7.11 Å². The molecule has 0 aliphatic carbocycles. The molecule has 66 valence electrons. The summed E-state index contributed by atoms with van der Waals surface area (Å²) < 4.78 is 5.47. The zero-order chi connectivity index (χ0) is 9.14. The Morgan fingerprint density at radius 3 is 2.83 bits per heavy atom. The van der Waals surface area contributed by atoms with Gasteiger partial charge in [-0.05, 0) is 6.92 Å². The average molecular weight is 188 g/mol. The van der Waals surface area contributed by atoms with Gasteiger partial charge < -0.3 is 4.74 Å². The lowest BCUT2D eigenvalue weighted by molar-refractivity contribution is -0.141. The van der Waals surface area contributed by atoms with Crippen LogP contribution in [0, 0.1) is 6.92 Å². The zero-order valence-electron chi connectivity index (χ0n) is 6.73. The summed E-state index contributed by atoms with van der Waals surface area (Å²) in [5.74, 6) is -0.470. The second kappa shape index (κ2) is 3.48. The van der Waals surface area contributed by atoms with Crippen LogP contribution in [0.15, 0.2) is 4.79 Å². The molecule has 0 spiro atoms. The van der Waals surface area contributed by atoms with Crippen LogP contribution in [0.2, 0.25) is 0 Å². The molecule has 0 aromatic carbocycles. The minimum atomic E-state index is -0.470. The molecule has 12 heavy (non-hydrogen) atoms. The number of hydrogen-bond donors (Lipinski definition) is 0. The van der Waals surface area contributed by atoms with E-state index in [0.717, 1.165) is 16.0 Å². The number of carbonyl (C=O) groups excluding carboxylic acids is 1. The summed E-state index contributed by atoms with van der Waals surface area (Å²) in [4.78, 5) is 21.5. The molecule has 1 heterocycles. The Labute approximate surface area is 72.6 Å². The number of methoxy groups -OCH3 is 1. The Balaban J connectivity index is 2.82. The fourth-order valence-corrected chi connectivity index (χ4v) is 1.30. The van der Waals surface area contributed by atoms with E-state index in [4.69, 9.17) is 0 Å². The summed E-state index contributed by atoms with van der Waals surface area (Å²) in [5.41, 5.74) is 0. The van der Waals surface area contributed by atoms with Gasteiger partial charge in [-0.25, -0.2) is 4.68 Å². The fourth-order valence-electron chi connectivity index (χ4n) is 0.697.